The first-order valence-corrected chi connectivity index (χ1v) is 6.67. The Morgan fingerprint density at radius 2 is 1.95 bits per heavy atom. The summed E-state index contributed by atoms with van der Waals surface area (Å²) in [6, 6.07) is 9.41. The molecule has 102 valence electrons. The number of pyridine rings is 1. The van der Waals surface area contributed by atoms with Crippen LogP contribution in [0, 0.1) is 0 Å². The van der Waals surface area contributed by atoms with Crippen LogP contribution in [0.5, 0.6) is 5.75 Å². The van der Waals surface area contributed by atoms with Gasteiger partial charge in [-0.2, -0.15) is 0 Å². The van der Waals surface area contributed by atoms with E-state index in [1.807, 2.05) is 37.3 Å². The largest absolute Gasteiger partial charge is 0.508 e. The number of rotatable bonds is 2. The molecule has 0 fully saturated rings. The monoisotopic (exact) mass is 267 g/mol. The van der Waals surface area contributed by atoms with Crippen molar-refractivity contribution in [3.8, 4) is 5.75 Å². The van der Waals surface area contributed by atoms with E-state index in [1.54, 1.807) is 12.1 Å². The zero-order chi connectivity index (χ0) is 14.1. The maximum Gasteiger partial charge on any atom is 0.127 e. The second kappa shape index (κ2) is 4.96. The predicted octanol–water partition coefficient (Wildman–Crippen LogP) is 2.92. The smallest absolute Gasteiger partial charge is 0.127 e. The van der Waals surface area contributed by atoms with Crippen LogP contribution in [0.1, 0.15) is 17.5 Å². The van der Waals surface area contributed by atoms with E-state index in [-0.39, 0.29) is 0 Å². The molecule has 0 bridgehead atoms. The topological polar surface area (TPSA) is 48.7 Å². The minimum Gasteiger partial charge on any atom is -0.508 e. The number of aromatic nitrogens is 1. The van der Waals surface area contributed by atoms with Crippen LogP contribution in [-0.2, 0) is 6.42 Å². The maximum absolute atomic E-state index is 9.49. The summed E-state index contributed by atoms with van der Waals surface area (Å²) in [6.07, 6.45) is 3.65. The quantitative estimate of drug-likeness (QED) is 0.910. The number of benzene rings is 1. The molecule has 1 aromatic heterocycles. The number of anilines is 1. The molecule has 2 heterocycles. The highest BCUT2D eigenvalue weighted by molar-refractivity contribution is 6.03. The van der Waals surface area contributed by atoms with Crippen molar-refractivity contribution < 1.29 is 5.11 Å². The van der Waals surface area contributed by atoms with E-state index in [0.717, 1.165) is 41.2 Å². The average Bonchev–Trinajstić information content (AvgIpc) is 2.47. The Morgan fingerprint density at radius 1 is 1.10 bits per heavy atom. The van der Waals surface area contributed by atoms with Gasteiger partial charge in [0.15, 0.2) is 0 Å². The van der Waals surface area contributed by atoms with E-state index >= 15 is 0 Å². The molecule has 0 radical (unpaired) electrons. The summed E-state index contributed by atoms with van der Waals surface area (Å²) in [7, 11) is 3.95. The van der Waals surface area contributed by atoms with E-state index in [1.165, 1.54) is 0 Å². The van der Waals surface area contributed by atoms with Crippen molar-refractivity contribution in [3.05, 3.63) is 47.7 Å². The third kappa shape index (κ3) is 2.37. The van der Waals surface area contributed by atoms with Crippen molar-refractivity contribution in [3.63, 3.8) is 0 Å². The third-order valence-corrected chi connectivity index (χ3v) is 3.49. The highest BCUT2D eigenvalue weighted by atomic mass is 16.3. The molecule has 0 unspecified atom stereocenters. The number of nitrogens with zero attached hydrogens (tertiary/aromatic N) is 3. The van der Waals surface area contributed by atoms with Crippen molar-refractivity contribution in [1.82, 2.24) is 4.98 Å². The summed E-state index contributed by atoms with van der Waals surface area (Å²) in [6.45, 7) is 0. The summed E-state index contributed by atoms with van der Waals surface area (Å²) < 4.78 is 0. The first-order chi connectivity index (χ1) is 9.63. The SMILES string of the molecule is CN(C)c1ccc(C2=Nc3ccc(O)cc3CC2)cn1. The first-order valence-electron chi connectivity index (χ1n) is 6.67. The Labute approximate surface area is 118 Å². The van der Waals surface area contributed by atoms with Gasteiger partial charge >= 0.3 is 0 Å². The lowest BCUT2D eigenvalue weighted by molar-refractivity contribution is 0.474. The molecule has 2 aromatic rings. The van der Waals surface area contributed by atoms with Gasteiger partial charge < -0.3 is 10.0 Å². The van der Waals surface area contributed by atoms with Crippen molar-refractivity contribution in [1.29, 1.82) is 0 Å². The molecule has 1 aromatic carbocycles. The van der Waals surface area contributed by atoms with Crippen LogP contribution in [0.4, 0.5) is 11.5 Å². The van der Waals surface area contributed by atoms with E-state index in [9.17, 15) is 5.11 Å². The van der Waals surface area contributed by atoms with Gasteiger partial charge in [0, 0.05) is 25.9 Å². The van der Waals surface area contributed by atoms with Crippen molar-refractivity contribution in [2.75, 3.05) is 19.0 Å². The van der Waals surface area contributed by atoms with Crippen LogP contribution in [0.15, 0.2) is 41.5 Å². The number of phenols is 1. The zero-order valence-corrected chi connectivity index (χ0v) is 11.7. The lowest BCUT2D eigenvalue weighted by Crippen LogP contribution is -2.12. The fraction of sp³-hybridized carbons (Fsp3) is 0.250. The number of phenolic OH excluding ortho intramolecular Hbond substituents is 1. The van der Waals surface area contributed by atoms with Crippen LogP contribution < -0.4 is 4.90 Å². The molecule has 0 aliphatic carbocycles. The molecule has 1 N–H and O–H groups in total. The predicted molar refractivity (Wildman–Crippen MR) is 81.2 cm³/mol. The third-order valence-electron chi connectivity index (χ3n) is 3.49. The molecule has 0 spiro atoms. The Balaban J connectivity index is 1.93. The molecule has 1 aliphatic rings. The molecule has 4 heteroatoms. The van der Waals surface area contributed by atoms with Crippen molar-refractivity contribution in [2.45, 2.75) is 12.8 Å². The fourth-order valence-electron chi connectivity index (χ4n) is 2.37. The standard InChI is InChI=1S/C16H17N3O/c1-19(2)16-8-4-12(10-17-16)15-6-3-11-9-13(20)5-7-14(11)18-15/h4-5,7-10,20H,3,6H2,1-2H3. The van der Waals surface area contributed by atoms with Crippen molar-refractivity contribution in [2.24, 2.45) is 4.99 Å². The van der Waals surface area contributed by atoms with Gasteiger partial charge in [0.05, 0.1) is 11.4 Å². The minimum atomic E-state index is 0.305. The number of aryl methyl sites for hydroxylation is 1. The number of fused-ring (bicyclic) bond motifs is 1. The molecule has 0 atom stereocenters. The number of hydrogen-bond donors (Lipinski definition) is 1. The molecule has 0 saturated heterocycles. The first kappa shape index (κ1) is 12.7. The summed E-state index contributed by atoms with van der Waals surface area (Å²) >= 11 is 0. The second-order valence-corrected chi connectivity index (χ2v) is 5.17. The Kier molecular flexibility index (Phi) is 3.14. The number of aliphatic imine (C=N–C) groups is 1. The Hall–Kier alpha value is -2.36. The molecular formula is C16H17N3O. The van der Waals surface area contributed by atoms with Gasteiger partial charge in [-0.05, 0) is 48.7 Å². The van der Waals surface area contributed by atoms with Gasteiger partial charge in [-0.1, -0.05) is 0 Å². The molecule has 1 aliphatic heterocycles. The van der Waals surface area contributed by atoms with Crippen LogP contribution in [-0.4, -0.2) is 29.9 Å². The number of hydrogen-bond acceptors (Lipinski definition) is 4. The van der Waals surface area contributed by atoms with Gasteiger partial charge in [-0.3, -0.25) is 4.99 Å². The molecule has 0 amide bonds. The van der Waals surface area contributed by atoms with Gasteiger partial charge in [-0.15, -0.1) is 0 Å². The normalized spacial score (nSPS) is 13.6. The van der Waals surface area contributed by atoms with E-state index in [0.29, 0.717) is 5.75 Å². The van der Waals surface area contributed by atoms with E-state index < -0.39 is 0 Å². The van der Waals surface area contributed by atoms with Gasteiger partial charge in [0.25, 0.3) is 0 Å². The van der Waals surface area contributed by atoms with E-state index in [2.05, 4.69) is 16.0 Å². The van der Waals surface area contributed by atoms with Crippen LogP contribution >= 0.6 is 0 Å². The van der Waals surface area contributed by atoms with Crippen molar-refractivity contribution >= 4 is 17.2 Å². The molecule has 0 saturated carbocycles. The van der Waals surface area contributed by atoms with Gasteiger partial charge in [0.1, 0.15) is 11.6 Å². The minimum absolute atomic E-state index is 0.305. The highest BCUT2D eigenvalue weighted by Crippen LogP contribution is 2.30. The molecule has 20 heavy (non-hydrogen) atoms. The van der Waals surface area contributed by atoms with Crippen LogP contribution in [0.25, 0.3) is 0 Å². The van der Waals surface area contributed by atoms with Crippen LogP contribution in [0.3, 0.4) is 0 Å². The highest BCUT2D eigenvalue weighted by Gasteiger charge is 2.14. The molecule has 4 nitrogen and oxygen atoms in total. The fourth-order valence-corrected chi connectivity index (χ4v) is 2.37. The van der Waals surface area contributed by atoms with Gasteiger partial charge in [0.2, 0.25) is 0 Å². The lowest BCUT2D eigenvalue weighted by atomic mass is 9.98. The molecule has 3 rings (SSSR count). The summed E-state index contributed by atoms with van der Waals surface area (Å²) in [5.41, 5.74) is 4.17. The number of aromatic hydroxyl groups is 1. The Morgan fingerprint density at radius 3 is 2.65 bits per heavy atom. The second-order valence-electron chi connectivity index (χ2n) is 5.17. The van der Waals surface area contributed by atoms with Crippen LogP contribution in [0.2, 0.25) is 0 Å². The zero-order valence-electron chi connectivity index (χ0n) is 11.7. The maximum atomic E-state index is 9.49. The summed E-state index contributed by atoms with van der Waals surface area (Å²) in [4.78, 5) is 11.1. The summed E-state index contributed by atoms with van der Waals surface area (Å²) in [5, 5.41) is 9.49. The Bertz CT molecular complexity index is 660. The lowest BCUT2D eigenvalue weighted by Gasteiger charge is -2.16. The van der Waals surface area contributed by atoms with E-state index in [4.69, 9.17) is 0 Å². The molecular weight excluding hydrogens is 250 g/mol. The summed E-state index contributed by atoms with van der Waals surface area (Å²) in [5.74, 6) is 1.25. The van der Waals surface area contributed by atoms with Gasteiger partial charge in [-0.25, -0.2) is 4.98 Å². The average molecular weight is 267 g/mol.